The Morgan fingerprint density at radius 2 is 1.64 bits per heavy atom. The molecule has 8 heteroatoms. The van der Waals surface area contributed by atoms with Crippen LogP contribution in [0.1, 0.15) is 31.8 Å². The predicted octanol–water partition coefficient (Wildman–Crippen LogP) is 4.90. The fraction of sp³-hybridized carbons (Fsp3) is 0.0714. The van der Waals surface area contributed by atoms with Crippen LogP contribution in [-0.2, 0) is 4.79 Å². The molecule has 0 atom stereocenters. The summed E-state index contributed by atoms with van der Waals surface area (Å²) in [7, 11) is 0. The topological polar surface area (TPSA) is 96.9 Å². The molecule has 0 saturated heterocycles. The van der Waals surface area contributed by atoms with Gasteiger partial charge in [-0.15, -0.1) is 0 Å². The molecule has 4 aromatic carbocycles. The van der Waals surface area contributed by atoms with Crippen molar-refractivity contribution in [2.24, 2.45) is 5.10 Å². The first kappa shape index (κ1) is 24.6. The molecule has 0 unspecified atom stereocenters. The highest BCUT2D eigenvalue weighted by Gasteiger charge is 2.14. The summed E-state index contributed by atoms with van der Waals surface area (Å²) in [6.45, 7) is 1.57. The van der Waals surface area contributed by atoms with E-state index in [0.717, 1.165) is 16.3 Å². The molecule has 0 spiro atoms. The lowest BCUT2D eigenvalue weighted by Crippen LogP contribution is -2.35. The van der Waals surface area contributed by atoms with E-state index >= 15 is 0 Å². The average Bonchev–Trinajstić information content (AvgIpc) is 2.89. The molecule has 36 heavy (non-hydrogen) atoms. The number of hydrogen-bond donors (Lipinski definition) is 2. The highest BCUT2D eigenvalue weighted by atomic mass is 35.5. The van der Waals surface area contributed by atoms with Gasteiger partial charge in [-0.05, 0) is 59.7 Å². The van der Waals surface area contributed by atoms with Crippen LogP contribution in [0.15, 0.2) is 90.0 Å². The summed E-state index contributed by atoms with van der Waals surface area (Å²) in [5.74, 6) is -1.13. The minimum Gasteiger partial charge on any atom is -0.422 e. The first-order valence-corrected chi connectivity index (χ1v) is 11.5. The highest BCUT2D eigenvalue weighted by Crippen LogP contribution is 2.27. The van der Waals surface area contributed by atoms with Gasteiger partial charge in [0, 0.05) is 16.1 Å². The molecule has 0 heterocycles. The van der Waals surface area contributed by atoms with E-state index in [9.17, 15) is 14.4 Å². The maximum Gasteiger partial charge on any atom is 0.343 e. The molecule has 0 radical (unpaired) electrons. The van der Waals surface area contributed by atoms with Gasteiger partial charge in [0.15, 0.2) is 0 Å². The molecular formula is C28H22ClN3O4. The van der Waals surface area contributed by atoms with Gasteiger partial charge in [-0.1, -0.05) is 60.1 Å². The number of ether oxygens (including phenoxy) is 1. The number of esters is 1. The normalized spacial score (nSPS) is 10.8. The van der Waals surface area contributed by atoms with Gasteiger partial charge in [-0.2, -0.15) is 5.10 Å². The quantitative estimate of drug-likeness (QED) is 0.163. The Balaban J connectivity index is 1.47. The lowest BCUT2D eigenvalue weighted by molar-refractivity contribution is -0.120. The number of fused-ring (bicyclic) bond motifs is 1. The van der Waals surface area contributed by atoms with Gasteiger partial charge in [-0.25, -0.2) is 10.2 Å². The van der Waals surface area contributed by atoms with Gasteiger partial charge in [-0.3, -0.25) is 9.59 Å². The van der Waals surface area contributed by atoms with Crippen LogP contribution in [0, 0.1) is 6.92 Å². The molecule has 0 bridgehead atoms. The van der Waals surface area contributed by atoms with Crippen LogP contribution in [0.4, 0.5) is 0 Å². The van der Waals surface area contributed by atoms with Gasteiger partial charge in [0.05, 0.1) is 18.3 Å². The zero-order valence-corrected chi connectivity index (χ0v) is 20.1. The van der Waals surface area contributed by atoms with Crippen LogP contribution < -0.4 is 15.5 Å². The number of benzene rings is 4. The van der Waals surface area contributed by atoms with Crippen molar-refractivity contribution < 1.29 is 19.1 Å². The summed E-state index contributed by atoms with van der Waals surface area (Å²) in [5, 5.41) is 8.80. The monoisotopic (exact) mass is 499 g/mol. The molecular weight excluding hydrogens is 478 g/mol. The Kier molecular flexibility index (Phi) is 7.72. The van der Waals surface area contributed by atoms with Crippen LogP contribution in [0.2, 0.25) is 5.02 Å². The molecule has 0 fully saturated rings. The van der Waals surface area contributed by atoms with E-state index in [1.165, 1.54) is 6.21 Å². The maximum atomic E-state index is 12.7. The number of carbonyl (C=O) groups excluding carboxylic acids is 3. The Morgan fingerprint density at radius 3 is 2.42 bits per heavy atom. The van der Waals surface area contributed by atoms with Gasteiger partial charge in [0.2, 0.25) is 0 Å². The summed E-state index contributed by atoms with van der Waals surface area (Å²) in [5.41, 5.74) is 4.56. The number of carbonyl (C=O) groups is 3. The zero-order valence-electron chi connectivity index (χ0n) is 19.3. The van der Waals surface area contributed by atoms with E-state index in [1.807, 2.05) is 49.4 Å². The molecule has 0 aliphatic rings. The van der Waals surface area contributed by atoms with E-state index in [2.05, 4.69) is 15.8 Å². The molecule has 4 aromatic rings. The van der Waals surface area contributed by atoms with Crippen LogP contribution in [-0.4, -0.2) is 30.5 Å². The lowest BCUT2D eigenvalue weighted by Gasteiger charge is -2.11. The van der Waals surface area contributed by atoms with E-state index in [4.69, 9.17) is 16.3 Å². The summed E-state index contributed by atoms with van der Waals surface area (Å²) in [4.78, 5) is 37.2. The van der Waals surface area contributed by atoms with E-state index in [1.54, 1.807) is 42.5 Å². The Labute approximate surface area is 212 Å². The first-order chi connectivity index (χ1) is 17.4. The summed E-state index contributed by atoms with van der Waals surface area (Å²) >= 11 is 5.90. The molecule has 0 aliphatic carbocycles. The third kappa shape index (κ3) is 5.95. The smallest absolute Gasteiger partial charge is 0.343 e. The second kappa shape index (κ2) is 11.3. The van der Waals surface area contributed by atoms with Crippen LogP contribution in [0.25, 0.3) is 10.8 Å². The molecule has 0 saturated carbocycles. The minimum absolute atomic E-state index is 0.252. The van der Waals surface area contributed by atoms with Crippen molar-refractivity contribution in [3.05, 3.63) is 112 Å². The van der Waals surface area contributed by atoms with Gasteiger partial charge < -0.3 is 10.1 Å². The minimum atomic E-state index is -0.556. The van der Waals surface area contributed by atoms with Gasteiger partial charge in [0.1, 0.15) is 5.75 Å². The van der Waals surface area contributed by atoms with Crippen molar-refractivity contribution in [1.29, 1.82) is 0 Å². The van der Waals surface area contributed by atoms with Crippen LogP contribution >= 0.6 is 11.6 Å². The molecule has 7 nitrogen and oxygen atoms in total. The summed E-state index contributed by atoms with van der Waals surface area (Å²) in [6, 6.07) is 24.5. The summed E-state index contributed by atoms with van der Waals surface area (Å²) in [6.07, 6.45) is 1.41. The van der Waals surface area contributed by atoms with Gasteiger partial charge >= 0.3 is 5.97 Å². The fourth-order valence-corrected chi connectivity index (χ4v) is 3.66. The summed E-state index contributed by atoms with van der Waals surface area (Å²) < 4.78 is 5.63. The third-order valence-corrected chi connectivity index (χ3v) is 5.65. The van der Waals surface area contributed by atoms with Crippen molar-refractivity contribution in [3.63, 3.8) is 0 Å². The predicted molar refractivity (Wildman–Crippen MR) is 140 cm³/mol. The van der Waals surface area contributed by atoms with E-state index < -0.39 is 11.9 Å². The van der Waals surface area contributed by atoms with Crippen molar-refractivity contribution in [2.75, 3.05) is 6.54 Å². The standard InChI is InChI=1S/C28H22ClN3O4/c1-18-6-2-4-8-22(18)27(34)30-17-26(33)32-31-16-24-23-9-5-3-7-19(23)12-15-25(24)36-28(35)20-10-13-21(29)14-11-20/h2-16H,17H2,1H3,(H,30,34)(H,32,33). The molecule has 0 aliphatic heterocycles. The molecule has 2 N–H and O–H groups in total. The largest absolute Gasteiger partial charge is 0.422 e. The van der Waals surface area contributed by atoms with Gasteiger partial charge in [0.25, 0.3) is 11.8 Å². The number of halogens is 1. The SMILES string of the molecule is Cc1ccccc1C(=O)NCC(=O)NN=Cc1c(OC(=O)c2ccc(Cl)cc2)ccc2ccccc12. The molecule has 0 aromatic heterocycles. The van der Waals surface area contributed by atoms with Crippen molar-refractivity contribution in [2.45, 2.75) is 6.92 Å². The Morgan fingerprint density at radius 1 is 0.917 bits per heavy atom. The number of aryl methyl sites for hydroxylation is 1. The van der Waals surface area contributed by atoms with Crippen LogP contribution in [0.3, 0.4) is 0 Å². The number of hydrazone groups is 1. The first-order valence-electron chi connectivity index (χ1n) is 11.1. The number of amides is 2. The second-order valence-corrected chi connectivity index (χ2v) is 8.32. The highest BCUT2D eigenvalue weighted by molar-refractivity contribution is 6.30. The molecule has 180 valence electrons. The number of nitrogens with zero attached hydrogens (tertiary/aromatic N) is 1. The van der Waals surface area contributed by atoms with Crippen molar-refractivity contribution >= 4 is 46.4 Å². The average molecular weight is 500 g/mol. The molecule has 4 rings (SSSR count). The zero-order chi connectivity index (χ0) is 25.5. The van der Waals surface area contributed by atoms with E-state index in [0.29, 0.717) is 21.7 Å². The van der Waals surface area contributed by atoms with Crippen molar-refractivity contribution in [1.82, 2.24) is 10.7 Å². The number of hydrogen-bond acceptors (Lipinski definition) is 5. The van der Waals surface area contributed by atoms with Crippen LogP contribution in [0.5, 0.6) is 5.75 Å². The fourth-order valence-electron chi connectivity index (χ4n) is 3.53. The van der Waals surface area contributed by atoms with E-state index in [-0.39, 0.29) is 18.2 Å². The molecule has 2 amide bonds. The lowest BCUT2D eigenvalue weighted by atomic mass is 10.0. The Hall–Kier alpha value is -4.49. The third-order valence-electron chi connectivity index (χ3n) is 5.40. The number of nitrogens with one attached hydrogen (secondary N) is 2. The maximum absolute atomic E-state index is 12.7. The second-order valence-electron chi connectivity index (χ2n) is 7.89. The number of rotatable bonds is 7. The van der Waals surface area contributed by atoms with Crippen molar-refractivity contribution in [3.8, 4) is 5.75 Å². The Bertz CT molecular complexity index is 1470.